The van der Waals surface area contributed by atoms with Crippen molar-refractivity contribution < 1.29 is 17.0 Å². The lowest BCUT2D eigenvalue weighted by Gasteiger charge is -1.97. The van der Waals surface area contributed by atoms with Crippen molar-refractivity contribution >= 4 is 55.0 Å². The molecule has 0 spiro atoms. The first kappa shape index (κ1) is 17.0. The second-order valence-electron chi connectivity index (χ2n) is 5.49. The molecule has 0 saturated carbocycles. The fraction of sp³-hybridized carbons (Fsp3) is 0.0500. The van der Waals surface area contributed by atoms with E-state index in [0.29, 0.717) is 0 Å². The number of aromatic nitrogens is 1. The van der Waals surface area contributed by atoms with Crippen molar-refractivity contribution in [3.05, 3.63) is 77.3 Å². The molecule has 24 heavy (non-hydrogen) atoms. The van der Waals surface area contributed by atoms with E-state index in [-0.39, 0.29) is 12.4 Å². The van der Waals surface area contributed by atoms with Crippen molar-refractivity contribution in [2.75, 3.05) is 0 Å². The zero-order valence-electron chi connectivity index (χ0n) is 13.0. The number of thiazole rings is 1. The monoisotopic (exact) mass is 371 g/mol. The quantitative estimate of drug-likeness (QED) is 0.477. The number of nitrogens with zero attached hydrogens (tertiary/aromatic N) is 1. The minimum absolute atomic E-state index is 0. The van der Waals surface area contributed by atoms with Crippen LogP contribution in [-0.2, 0) is 7.05 Å². The van der Waals surface area contributed by atoms with Gasteiger partial charge in [0.25, 0.3) is 5.01 Å². The summed E-state index contributed by atoms with van der Waals surface area (Å²) in [5.41, 5.74) is 2.30. The molecule has 120 valence electrons. The smallest absolute Gasteiger partial charge is 0.264 e. The van der Waals surface area contributed by atoms with Crippen LogP contribution < -0.4 is 17.0 Å². The normalized spacial score (nSPS) is 11.7. The maximum absolute atomic E-state index is 6.51. The highest BCUT2D eigenvalue weighted by Crippen LogP contribution is 2.30. The van der Waals surface area contributed by atoms with Crippen molar-refractivity contribution in [1.82, 2.24) is 0 Å². The molecule has 0 amide bonds. The van der Waals surface area contributed by atoms with Crippen molar-refractivity contribution in [2.24, 2.45) is 7.05 Å². The Morgan fingerprint density at radius 1 is 0.958 bits per heavy atom. The van der Waals surface area contributed by atoms with Gasteiger partial charge in [0.15, 0.2) is 0 Å². The van der Waals surface area contributed by atoms with Gasteiger partial charge in [-0.15, -0.1) is 0 Å². The van der Waals surface area contributed by atoms with E-state index in [1.165, 1.54) is 21.0 Å². The molecule has 4 aromatic rings. The van der Waals surface area contributed by atoms with Crippen LogP contribution in [0.15, 0.2) is 66.7 Å². The Morgan fingerprint density at radius 3 is 2.46 bits per heavy atom. The summed E-state index contributed by atoms with van der Waals surface area (Å²) in [4.78, 5) is 0. The summed E-state index contributed by atoms with van der Waals surface area (Å²) >= 11 is 8.28. The zero-order valence-corrected chi connectivity index (χ0v) is 15.4. The molecular weight excluding hydrogens is 357 g/mol. The third-order valence-electron chi connectivity index (χ3n) is 4.04. The molecule has 4 heteroatoms. The summed E-state index contributed by atoms with van der Waals surface area (Å²) in [6, 6.07) is 22.9. The Labute approximate surface area is 156 Å². The summed E-state index contributed by atoms with van der Waals surface area (Å²) < 4.78 is 3.50. The van der Waals surface area contributed by atoms with Crippen LogP contribution in [-0.4, -0.2) is 0 Å². The van der Waals surface area contributed by atoms with Gasteiger partial charge in [0.05, 0.1) is 10.4 Å². The molecular formula is C20H15Cl2NS. The number of hydrogen-bond acceptors (Lipinski definition) is 1. The lowest BCUT2D eigenvalue weighted by Crippen LogP contribution is -3.00. The van der Waals surface area contributed by atoms with E-state index in [1.54, 1.807) is 11.3 Å². The van der Waals surface area contributed by atoms with Crippen molar-refractivity contribution in [2.45, 2.75) is 0 Å². The van der Waals surface area contributed by atoms with Gasteiger partial charge in [-0.25, -0.2) is 0 Å². The number of benzene rings is 3. The average Bonchev–Trinajstić information content (AvgIpc) is 2.92. The van der Waals surface area contributed by atoms with Crippen LogP contribution in [0.5, 0.6) is 0 Å². The lowest BCUT2D eigenvalue weighted by molar-refractivity contribution is -0.641. The largest absolute Gasteiger partial charge is 1.00 e. The van der Waals surface area contributed by atoms with Gasteiger partial charge in [-0.2, -0.15) is 4.57 Å². The number of halogens is 2. The predicted octanol–water partition coefficient (Wildman–Crippen LogP) is 2.62. The Hall–Kier alpha value is -1.87. The second kappa shape index (κ2) is 6.94. The van der Waals surface area contributed by atoms with Crippen LogP contribution in [0, 0.1) is 0 Å². The van der Waals surface area contributed by atoms with Crippen LogP contribution in [0.4, 0.5) is 0 Å². The number of fused-ring (bicyclic) bond motifs is 3. The van der Waals surface area contributed by atoms with Crippen molar-refractivity contribution in [3.63, 3.8) is 0 Å². The van der Waals surface area contributed by atoms with E-state index in [0.717, 1.165) is 15.6 Å². The van der Waals surface area contributed by atoms with Crippen molar-refractivity contribution in [3.8, 4) is 0 Å². The van der Waals surface area contributed by atoms with Gasteiger partial charge in [-0.1, -0.05) is 77.5 Å². The van der Waals surface area contributed by atoms with Crippen LogP contribution in [0.3, 0.4) is 0 Å². The van der Waals surface area contributed by atoms with Gasteiger partial charge in [0.2, 0.25) is 5.52 Å². The first-order chi connectivity index (χ1) is 11.2. The summed E-state index contributed by atoms with van der Waals surface area (Å²) in [5.74, 6) is 0. The molecule has 0 saturated heterocycles. The highest BCUT2D eigenvalue weighted by molar-refractivity contribution is 7.19. The van der Waals surface area contributed by atoms with Gasteiger partial charge >= 0.3 is 0 Å². The molecule has 0 N–H and O–H groups in total. The first-order valence-corrected chi connectivity index (χ1v) is 8.66. The number of rotatable bonds is 2. The average molecular weight is 372 g/mol. The maximum atomic E-state index is 6.51. The molecule has 1 aromatic heterocycles. The van der Waals surface area contributed by atoms with Crippen LogP contribution in [0.1, 0.15) is 10.6 Å². The van der Waals surface area contributed by atoms with E-state index in [9.17, 15) is 0 Å². The Bertz CT molecular complexity index is 1040. The number of hydrogen-bond donors (Lipinski definition) is 0. The minimum atomic E-state index is 0. The van der Waals surface area contributed by atoms with Crippen molar-refractivity contribution in [1.29, 1.82) is 0 Å². The molecule has 0 atom stereocenters. The summed E-state index contributed by atoms with van der Waals surface area (Å²) in [6.45, 7) is 0. The molecule has 0 fully saturated rings. The Morgan fingerprint density at radius 2 is 1.67 bits per heavy atom. The van der Waals surface area contributed by atoms with E-state index >= 15 is 0 Å². The van der Waals surface area contributed by atoms with Gasteiger partial charge in [0.1, 0.15) is 11.7 Å². The molecule has 1 heterocycles. The predicted molar refractivity (Wildman–Crippen MR) is 101 cm³/mol. The lowest BCUT2D eigenvalue weighted by atomic mass is 10.1. The molecule has 0 radical (unpaired) electrons. The molecule has 0 aliphatic carbocycles. The van der Waals surface area contributed by atoms with E-state index in [4.69, 9.17) is 11.6 Å². The molecule has 0 unspecified atom stereocenters. The van der Waals surface area contributed by atoms with E-state index < -0.39 is 0 Å². The molecule has 1 nitrogen and oxygen atoms in total. The minimum Gasteiger partial charge on any atom is -1.00 e. The molecule has 3 aromatic carbocycles. The van der Waals surface area contributed by atoms with E-state index in [2.05, 4.69) is 54.1 Å². The third kappa shape index (κ3) is 2.93. The maximum Gasteiger partial charge on any atom is 0.264 e. The molecule has 0 bridgehead atoms. The topological polar surface area (TPSA) is 3.88 Å². The third-order valence-corrected chi connectivity index (χ3v) is 5.52. The SMILES string of the molecule is C[n+]1c(/C=C(\Cl)c2ccccc2)sc2ccc3ccccc3c21.[Cl-]. The van der Waals surface area contributed by atoms with E-state index in [1.807, 2.05) is 30.3 Å². The van der Waals surface area contributed by atoms with Gasteiger partial charge in [-0.05, 0) is 23.1 Å². The van der Waals surface area contributed by atoms with Gasteiger partial charge in [-0.3, -0.25) is 0 Å². The fourth-order valence-corrected chi connectivity index (χ4v) is 4.27. The first-order valence-electron chi connectivity index (χ1n) is 7.47. The second-order valence-corrected chi connectivity index (χ2v) is 6.96. The van der Waals surface area contributed by atoms with Crippen LogP contribution >= 0.6 is 22.9 Å². The fourth-order valence-electron chi connectivity index (χ4n) is 2.87. The molecule has 0 aliphatic rings. The standard InChI is InChI=1S/C20H15ClNS.ClH/c1-22-19(13-17(21)15-8-3-2-4-9-15)23-18-12-11-14-7-5-6-10-16(14)20(18)22;/h2-13H,1H3;1H/q+1;/p-1/b17-13-;. The molecule has 4 rings (SSSR count). The number of aryl methyl sites for hydroxylation is 1. The highest BCUT2D eigenvalue weighted by atomic mass is 35.5. The van der Waals surface area contributed by atoms with Gasteiger partial charge in [0, 0.05) is 6.08 Å². The Balaban J connectivity index is 0.00000169. The zero-order chi connectivity index (χ0) is 15.8. The summed E-state index contributed by atoms with van der Waals surface area (Å²) in [6.07, 6.45) is 2.05. The highest BCUT2D eigenvalue weighted by Gasteiger charge is 2.18. The summed E-state index contributed by atoms with van der Waals surface area (Å²) in [5, 5.41) is 4.44. The van der Waals surface area contributed by atoms with Gasteiger partial charge < -0.3 is 12.4 Å². The van der Waals surface area contributed by atoms with Crippen LogP contribution in [0.25, 0.3) is 32.1 Å². The molecule has 0 aliphatic heterocycles. The van der Waals surface area contributed by atoms with Crippen LogP contribution in [0.2, 0.25) is 0 Å². The Kier molecular flexibility index (Phi) is 4.91. The summed E-state index contributed by atoms with van der Waals surface area (Å²) in [7, 11) is 2.10.